The molecule has 2 aromatic rings. The number of alkyl halides is 1. The van der Waals surface area contributed by atoms with Crippen molar-refractivity contribution in [2.45, 2.75) is 24.6 Å². The van der Waals surface area contributed by atoms with Crippen molar-refractivity contribution in [2.24, 2.45) is 0 Å². The molecule has 0 fully saturated rings. The van der Waals surface area contributed by atoms with Crippen LogP contribution in [0.15, 0.2) is 42.5 Å². The monoisotopic (exact) mass is 324 g/mol. The van der Waals surface area contributed by atoms with Crippen LogP contribution < -0.4 is 0 Å². The Morgan fingerprint density at radius 3 is 2.32 bits per heavy atom. The molecule has 0 heterocycles. The highest BCUT2D eigenvalue weighted by Crippen LogP contribution is 2.28. The van der Waals surface area contributed by atoms with E-state index in [1.165, 1.54) is 17.7 Å². The first-order valence-electron chi connectivity index (χ1n) is 6.27. The standard InChI is InChI=1S/C16H15BrF2/c1-2-11-3-5-12(6-4-11)15(17)9-13-7-8-14(18)10-16(13)19/h3-8,10,15H,2,9H2,1H3. The van der Waals surface area contributed by atoms with Crippen molar-refractivity contribution in [3.05, 3.63) is 70.8 Å². The van der Waals surface area contributed by atoms with Crippen LogP contribution in [-0.2, 0) is 12.8 Å². The molecule has 0 amide bonds. The fraction of sp³-hybridized carbons (Fsp3) is 0.250. The first-order valence-corrected chi connectivity index (χ1v) is 7.18. The summed E-state index contributed by atoms with van der Waals surface area (Å²) >= 11 is 3.56. The van der Waals surface area contributed by atoms with Crippen LogP contribution in [0.5, 0.6) is 0 Å². The number of benzene rings is 2. The summed E-state index contributed by atoms with van der Waals surface area (Å²) in [7, 11) is 0. The topological polar surface area (TPSA) is 0 Å². The molecule has 0 bridgehead atoms. The lowest BCUT2D eigenvalue weighted by Gasteiger charge is -2.11. The van der Waals surface area contributed by atoms with Gasteiger partial charge in [0, 0.05) is 10.9 Å². The first kappa shape index (κ1) is 14.2. The molecule has 19 heavy (non-hydrogen) atoms. The fourth-order valence-electron chi connectivity index (χ4n) is 1.96. The third-order valence-electron chi connectivity index (χ3n) is 3.16. The summed E-state index contributed by atoms with van der Waals surface area (Å²) in [5.74, 6) is -1.03. The van der Waals surface area contributed by atoms with E-state index in [0.29, 0.717) is 12.0 Å². The highest BCUT2D eigenvalue weighted by Gasteiger charge is 2.12. The number of rotatable bonds is 4. The maximum Gasteiger partial charge on any atom is 0.129 e. The van der Waals surface area contributed by atoms with Gasteiger partial charge in [0.25, 0.3) is 0 Å². The third-order valence-corrected chi connectivity index (χ3v) is 4.02. The van der Waals surface area contributed by atoms with Gasteiger partial charge in [-0.25, -0.2) is 8.78 Å². The van der Waals surface area contributed by atoms with Gasteiger partial charge in [0.2, 0.25) is 0 Å². The molecule has 0 spiro atoms. The van der Waals surface area contributed by atoms with Crippen LogP contribution in [0.4, 0.5) is 8.78 Å². The first-order chi connectivity index (χ1) is 9.10. The Balaban J connectivity index is 2.13. The number of hydrogen-bond donors (Lipinski definition) is 0. The van der Waals surface area contributed by atoms with Gasteiger partial charge >= 0.3 is 0 Å². The summed E-state index contributed by atoms with van der Waals surface area (Å²) in [6.07, 6.45) is 1.50. The molecule has 0 aliphatic carbocycles. The molecular formula is C16H15BrF2. The van der Waals surface area contributed by atoms with Crippen LogP contribution in [0.2, 0.25) is 0 Å². The number of hydrogen-bond acceptors (Lipinski definition) is 0. The van der Waals surface area contributed by atoms with Crippen molar-refractivity contribution in [1.29, 1.82) is 0 Å². The zero-order chi connectivity index (χ0) is 13.8. The molecular weight excluding hydrogens is 310 g/mol. The van der Waals surface area contributed by atoms with Crippen LogP contribution in [0.3, 0.4) is 0 Å². The Hall–Kier alpha value is -1.22. The highest BCUT2D eigenvalue weighted by atomic mass is 79.9. The van der Waals surface area contributed by atoms with E-state index in [9.17, 15) is 8.78 Å². The normalized spacial score (nSPS) is 12.4. The van der Waals surface area contributed by atoms with E-state index in [0.717, 1.165) is 18.1 Å². The van der Waals surface area contributed by atoms with Crippen molar-refractivity contribution in [3.63, 3.8) is 0 Å². The minimum absolute atomic E-state index is 0.0263. The third kappa shape index (κ3) is 3.63. The SMILES string of the molecule is CCc1ccc(C(Br)Cc2ccc(F)cc2F)cc1. The lowest BCUT2D eigenvalue weighted by molar-refractivity contribution is 0.571. The largest absolute Gasteiger partial charge is 0.207 e. The molecule has 2 rings (SSSR count). The molecule has 3 heteroatoms. The van der Waals surface area contributed by atoms with Crippen molar-refractivity contribution < 1.29 is 8.78 Å². The molecule has 0 nitrogen and oxygen atoms in total. The van der Waals surface area contributed by atoms with Gasteiger partial charge in [-0.15, -0.1) is 0 Å². The minimum Gasteiger partial charge on any atom is -0.207 e. The summed E-state index contributed by atoms with van der Waals surface area (Å²) in [6.45, 7) is 2.11. The van der Waals surface area contributed by atoms with Gasteiger partial charge in [-0.1, -0.05) is 53.2 Å². The predicted molar refractivity (Wildman–Crippen MR) is 77.6 cm³/mol. The van der Waals surface area contributed by atoms with Gasteiger partial charge in [0.05, 0.1) is 0 Å². The van der Waals surface area contributed by atoms with Crippen LogP contribution >= 0.6 is 15.9 Å². The second-order valence-electron chi connectivity index (χ2n) is 4.50. The fourth-order valence-corrected chi connectivity index (χ4v) is 2.61. The molecule has 100 valence electrons. The quantitative estimate of drug-likeness (QED) is 0.677. The lowest BCUT2D eigenvalue weighted by atomic mass is 10.0. The average Bonchev–Trinajstić information content (AvgIpc) is 2.42. The molecule has 0 aliphatic heterocycles. The van der Waals surface area contributed by atoms with E-state index < -0.39 is 11.6 Å². The van der Waals surface area contributed by atoms with Crippen molar-refractivity contribution in [2.75, 3.05) is 0 Å². The molecule has 0 radical (unpaired) electrons. The molecule has 0 saturated heterocycles. The van der Waals surface area contributed by atoms with Crippen molar-refractivity contribution >= 4 is 15.9 Å². The van der Waals surface area contributed by atoms with Crippen molar-refractivity contribution in [1.82, 2.24) is 0 Å². The summed E-state index contributed by atoms with van der Waals surface area (Å²) in [5.41, 5.74) is 2.89. The van der Waals surface area contributed by atoms with Gasteiger partial charge in [-0.3, -0.25) is 0 Å². The lowest BCUT2D eigenvalue weighted by Crippen LogP contribution is -1.99. The van der Waals surface area contributed by atoms with E-state index in [1.54, 1.807) is 0 Å². The van der Waals surface area contributed by atoms with Crippen LogP contribution in [0.25, 0.3) is 0 Å². The molecule has 0 saturated carbocycles. The maximum absolute atomic E-state index is 13.6. The van der Waals surface area contributed by atoms with E-state index in [4.69, 9.17) is 0 Å². The van der Waals surface area contributed by atoms with Crippen LogP contribution in [0.1, 0.15) is 28.4 Å². The summed E-state index contributed by atoms with van der Waals surface area (Å²) in [6, 6.07) is 11.9. The molecule has 2 aromatic carbocycles. The van der Waals surface area contributed by atoms with Gasteiger partial charge in [-0.05, 0) is 35.6 Å². The Morgan fingerprint density at radius 1 is 1.05 bits per heavy atom. The Labute approximate surface area is 120 Å². The number of halogens is 3. The molecule has 0 aliphatic rings. The van der Waals surface area contributed by atoms with Crippen LogP contribution in [0, 0.1) is 11.6 Å². The highest BCUT2D eigenvalue weighted by molar-refractivity contribution is 9.09. The maximum atomic E-state index is 13.6. The zero-order valence-corrected chi connectivity index (χ0v) is 12.3. The van der Waals surface area contributed by atoms with Gasteiger partial charge in [-0.2, -0.15) is 0 Å². The smallest absolute Gasteiger partial charge is 0.129 e. The minimum atomic E-state index is -0.542. The van der Waals surface area contributed by atoms with Crippen molar-refractivity contribution in [3.8, 4) is 0 Å². The Kier molecular flexibility index (Phi) is 4.70. The molecule has 0 aromatic heterocycles. The zero-order valence-electron chi connectivity index (χ0n) is 10.7. The molecule has 1 unspecified atom stereocenters. The van der Waals surface area contributed by atoms with E-state index >= 15 is 0 Å². The van der Waals surface area contributed by atoms with Gasteiger partial charge in [0.1, 0.15) is 11.6 Å². The summed E-state index contributed by atoms with van der Waals surface area (Å²) < 4.78 is 26.4. The van der Waals surface area contributed by atoms with Gasteiger partial charge < -0.3 is 0 Å². The second-order valence-corrected chi connectivity index (χ2v) is 5.61. The predicted octanol–water partition coefficient (Wildman–Crippen LogP) is 5.21. The van der Waals surface area contributed by atoms with E-state index in [-0.39, 0.29) is 4.83 Å². The van der Waals surface area contributed by atoms with E-state index in [2.05, 4.69) is 35.0 Å². The molecule has 1 atom stereocenters. The summed E-state index contributed by atoms with van der Waals surface area (Å²) in [5, 5.41) is 0. The van der Waals surface area contributed by atoms with E-state index in [1.807, 2.05) is 12.1 Å². The van der Waals surface area contributed by atoms with Crippen LogP contribution in [-0.4, -0.2) is 0 Å². The average molecular weight is 325 g/mol. The molecule has 0 N–H and O–H groups in total. The van der Waals surface area contributed by atoms with Gasteiger partial charge in [0.15, 0.2) is 0 Å². The Bertz CT molecular complexity index is 549. The second kappa shape index (κ2) is 6.29. The Morgan fingerprint density at radius 2 is 1.74 bits per heavy atom. The summed E-state index contributed by atoms with van der Waals surface area (Å²) in [4.78, 5) is 0.0263. The number of aryl methyl sites for hydroxylation is 1.